The molecule has 1 unspecified atom stereocenters. The molecule has 14 heteroatoms. The lowest BCUT2D eigenvalue weighted by molar-refractivity contribution is -0.465. The monoisotopic (exact) mass is 376 g/mol. The molecule has 0 aromatic carbocycles. The molecule has 0 rings (SSSR count). The van der Waals surface area contributed by atoms with Crippen molar-refractivity contribution in [3.05, 3.63) is 0 Å². The topological polar surface area (TPSA) is 35.5 Å². The van der Waals surface area contributed by atoms with E-state index in [0.717, 1.165) is 0 Å². The number of halogens is 11. The second kappa shape index (κ2) is 5.54. The van der Waals surface area contributed by atoms with Crippen molar-refractivity contribution in [1.29, 1.82) is 0 Å². The van der Waals surface area contributed by atoms with Gasteiger partial charge in [0, 0.05) is 6.92 Å². The lowest BCUT2D eigenvalue weighted by Gasteiger charge is -2.34. The zero-order valence-electron chi connectivity index (χ0n) is 9.38. The first kappa shape index (κ1) is 20.4. The highest BCUT2D eigenvalue weighted by molar-refractivity contribution is 6.31. The predicted molar refractivity (Wildman–Crippen MR) is 48.2 cm³/mol. The first-order valence-corrected chi connectivity index (χ1v) is 5.11. The molecule has 0 heterocycles. The number of carbonyl (C=O) groups is 1. The molecule has 0 N–H and O–H groups in total. The maximum Gasteiger partial charge on any atom is 0.476 e. The van der Waals surface area contributed by atoms with Gasteiger partial charge in [-0.3, -0.25) is 9.53 Å². The number of carbonyl (C=O) groups excluding carboxylic acids is 1. The Balaban J connectivity index is 5.53. The average Bonchev–Trinajstić information content (AvgIpc) is 2.10. The van der Waals surface area contributed by atoms with Crippen molar-refractivity contribution in [3.8, 4) is 0 Å². The van der Waals surface area contributed by atoms with Gasteiger partial charge in [-0.1, -0.05) is 0 Å². The van der Waals surface area contributed by atoms with Crippen LogP contribution < -0.4 is 0 Å². The van der Waals surface area contributed by atoms with Gasteiger partial charge in [-0.05, 0) is 23.2 Å². The van der Waals surface area contributed by atoms with Crippen molar-refractivity contribution in [2.75, 3.05) is 0 Å². The largest absolute Gasteiger partial charge is 0.476 e. The fraction of sp³-hybridized carbons (Fsp3) is 0.857. The zero-order chi connectivity index (χ0) is 17.5. The second-order valence-electron chi connectivity index (χ2n) is 3.32. The van der Waals surface area contributed by atoms with Crippen LogP contribution in [0.4, 0.5) is 39.5 Å². The summed E-state index contributed by atoms with van der Waals surface area (Å²) in [6.07, 6.45) is -12.8. The minimum atomic E-state index is -6.75. The van der Waals surface area contributed by atoms with Crippen LogP contribution in [-0.4, -0.2) is 34.8 Å². The van der Waals surface area contributed by atoms with Crippen molar-refractivity contribution >= 4 is 29.2 Å². The van der Waals surface area contributed by atoms with E-state index in [1.165, 1.54) is 0 Å². The number of alkyl halides is 11. The third kappa shape index (κ3) is 4.19. The molecular weight excluding hydrogens is 374 g/mol. The Morgan fingerprint density at radius 1 is 0.857 bits per heavy atom. The van der Waals surface area contributed by atoms with Crippen LogP contribution in [-0.2, 0) is 14.3 Å². The molecular formula is C7H3Cl2F9O3. The van der Waals surface area contributed by atoms with E-state index in [1.54, 1.807) is 0 Å². The first-order valence-electron chi connectivity index (χ1n) is 4.35. The van der Waals surface area contributed by atoms with Crippen LogP contribution in [0.1, 0.15) is 6.92 Å². The third-order valence-electron chi connectivity index (χ3n) is 1.59. The Morgan fingerprint density at radius 3 is 1.52 bits per heavy atom. The summed E-state index contributed by atoms with van der Waals surface area (Å²) in [4.78, 5) is 10.1. The number of hydrogen-bond acceptors (Lipinski definition) is 3. The highest BCUT2D eigenvalue weighted by atomic mass is 35.5. The van der Waals surface area contributed by atoms with Crippen LogP contribution >= 0.6 is 23.2 Å². The molecule has 0 aliphatic heterocycles. The van der Waals surface area contributed by atoms with E-state index in [4.69, 9.17) is 0 Å². The summed E-state index contributed by atoms with van der Waals surface area (Å²) in [5.74, 6) is -8.88. The average molecular weight is 377 g/mol. The van der Waals surface area contributed by atoms with E-state index >= 15 is 0 Å². The van der Waals surface area contributed by atoms with E-state index in [9.17, 15) is 44.3 Å². The van der Waals surface area contributed by atoms with Crippen molar-refractivity contribution in [1.82, 2.24) is 0 Å². The Morgan fingerprint density at radius 2 is 1.24 bits per heavy atom. The maximum atomic E-state index is 12.8. The van der Waals surface area contributed by atoms with Crippen LogP contribution in [0.25, 0.3) is 0 Å². The van der Waals surface area contributed by atoms with E-state index < -0.39 is 34.8 Å². The Hall–Kier alpha value is -0.620. The molecule has 0 aromatic rings. The van der Waals surface area contributed by atoms with Crippen LogP contribution in [0.2, 0.25) is 0 Å². The van der Waals surface area contributed by atoms with Gasteiger partial charge in [0.2, 0.25) is 0 Å². The summed E-state index contributed by atoms with van der Waals surface area (Å²) < 4.78 is 119. The van der Waals surface area contributed by atoms with E-state index in [0.29, 0.717) is 0 Å². The van der Waals surface area contributed by atoms with Crippen LogP contribution in [0.15, 0.2) is 0 Å². The van der Waals surface area contributed by atoms with Crippen molar-refractivity contribution < 1.29 is 53.8 Å². The quantitative estimate of drug-likeness (QED) is 0.398. The lowest BCUT2D eigenvalue weighted by Crippen LogP contribution is -2.60. The number of esters is 1. The van der Waals surface area contributed by atoms with E-state index in [2.05, 4.69) is 32.7 Å². The maximum absolute atomic E-state index is 12.8. The normalized spacial score (nSPS) is 17.3. The third-order valence-corrected chi connectivity index (χ3v) is 2.24. The standard InChI is InChI=1S/C7H3Cl2F9O3/c1-2(19)20-6(15,16)3(10,11)7(17,18)21-5(9,14)4(8,12)13/h1H3. The summed E-state index contributed by atoms with van der Waals surface area (Å²) in [6, 6.07) is 0. The lowest BCUT2D eigenvalue weighted by atomic mass is 10.3. The molecule has 0 aromatic heterocycles. The smallest absolute Gasteiger partial charge is 0.396 e. The molecule has 21 heavy (non-hydrogen) atoms. The van der Waals surface area contributed by atoms with Crippen LogP contribution in [0, 0.1) is 0 Å². The van der Waals surface area contributed by atoms with E-state index in [1.807, 2.05) is 0 Å². The summed E-state index contributed by atoms with van der Waals surface area (Å²) in [5, 5.41) is -10.9. The fourth-order valence-corrected chi connectivity index (χ4v) is 0.832. The van der Waals surface area contributed by atoms with Gasteiger partial charge in [-0.15, -0.1) is 0 Å². The Labute approximate surface area is 119 Å². The molecule has 0 fully saturated rings. The molecule has 1 atom stereocenters. The summed E-state index contributed by atoms with van der Waals surface area (Å²) in [6.45, 7) is 0.150. The van der Waals surface area contributed by atoms with Gasteiger partial charge in [0.15, 0.2) is 0 Å². The molecule has 0 aliphatic rings. The molecule has 0 aliphatic carbocycles. The minimum absolute atomic E-state index is 0.150. The van der Waals surface area contributed by atoms with Crippen LogP contribution in [0.3, 0.4) is 0 Å². The molecule has 3 nitrogen and oxygen atoms in total. The number of rotatable bonds is 6. The molecule has 0 saturated carbocycles. The van der Waals surface area contributed by atoms with Gasteiger partial charge < -0.3 is 4.74 Å². The molecule has 0 radical (unpaired) electrons. The van der Waals surface area contributed by atoms with Gasteiger partial charge in [0.05, 0.1) is 0 Å². The van der Waals surface area contributed by atoms with Gasteiger partial charge in [0.1, 0.15) is 0 Å². The van der Waals surface area contributed by atoms with Crippen molar-refractivity contribution in [2.24, 2.45) is 0 Å². The van der Waals surface area contributed by atoms with Crippen LogP contribution in [0.5, 0.6) is 0 Å². The molecule has 0 amide bonds. The second-order valence-corrected chi connectivity index (χ2v) is 4.28. The SMILES string of the molecule is CC(=O)OC(F)(F)C(F)(F)C(F)(F)OC(F)(Cl)C(F)(F)Cl. The Kier molecular flexibility index (Phi) is 5.38. The highest BCUT2D eigenvalue weighted by Gasteiger charge is 2.79. The van der Waals surface area contributed by atoms with Gasteiger partial charge in [0.25, 0.3) is 0 Å². The van der Waals surface area contributed by atoms with Gasteiger partial charge in [-0.2, -0.15) is 39.5 Å². The number of hydrogen-bond donors (Lipinski definition) is 0. The Bertz CT molecular complexity index is 407. The first-order chi connectivity index (χ1) is 8.87. The number of ether oxygens (including phenoxy) is 2. The molecule has 0 bridgehead atoms. The summed E-state index contributed by atoms with van der Waals surface area (Å²) in [5.41, 5.74) is 0. The highest BCUT2D eigenvalue weighted by Crippen LogP contribution is 2.52. The fourth-order valence-electron chi connectivity index (χ4n) is 0.697. The van der Waals surface area contributed by atoms with Crippen molar-refractivity contribution in [3.63, 3.8) is 0 Å². The summed E-state index contributed by atoms with van der Waals surface area (Å²) in [7, 11) is 0. The van der Waals surface area contributed by atoms with Gasteiger partial charge in [-0.25, -0.2) is 0 Å². The predicted octanol–water partition coefficient (Wildman–Crippen LogP) is 4.08. The zero-order valence-corrected chi connectivity index (χ0v) is 10.9. The summed E-state index contributed by atoms with van der Waals surface area (Å²) >= 11 is 7.89. The molecule has 126 valence electrons. The minimum Gasteiger partial charge on any atom is -0.396 e. The van der Waals surface area contributed by atoms with E-state index in [-0.39, 0.29) is 6.92 Å². The molecule has 0 saturated heterocycles. The molecule has 0 spiro atoms. The van der Waals surface area contributed by atoms with Gasteiger partial charge >= 0.3 is 34.8 Å². The van der Waals surface area contributed by atoms with Crippen molar-refractivity contribution in [2.45, 2.75) is 35.8 Å².